The molecule has 0 aliphatic heterocycles. The van der Waals surface area contributed by atoms with Crippen molar-refractivity contribution in [1.29, 1.82) is 0 Å². The molecule has 0 radical (unpaired) electrons. The predicted molar refractivity (Wildman–Crippen MR) is 579 cm³/mol. The summed E-state index contributed by atoms with van der Waals surface area (Å²) in [5.41, 5.74) is 8.18. The van der Waals surface area contributed by atoms with Crippen molar-refractivity contribution in [3.8, 4) is 63.2 Å². The van der Waals surface area contributed by atoms with Crippen molar-refractivity contribution in [2.75, 3.05) is 53.4 Å². The number of hydrogen-bond acceptors (Lipinski definition) is 16. The monoisotopic (exact) mass is 1950 g/mol. The number of allylic oxidation sites excluding steroid dienone is 1. The van der Waals surface area contributed by atoms with Crippen molar-refractivity contribution in [2.45, 2.75) is 239 Å². The molecule has 0 spiro atoms. The van der Waals surface area contributed by atoms with Gasteiger partial charge in [0.05, 0.1) is 45.7 Å². The number of methoxy groups -OCH3 is 1. The zero-order chi connectivity index (χ0) is 100. The zero-order valence-electron chi connectivity index (χ0n) is 86.9. The van der Waals surface area contributed by atoms with Crippen LogP contribution in [0.5, 0.6) is 63.2 Å². The van der Waals surface area contributed by atoms with E-state index in [9.17, 15) is 0 Å². The maximum atomic E-state index is 6.47. The molecule has 9 aromatic carbocycles. The lowest BCUT2D eigenvalue weighted by Crippen LogP contribution is -2.53. The maximum Gasteiger partial charge on any atom is 0.197 e. The van der Waals surface area contributed by atoms with Gasteiger partial charge in [-0.1, -0.05) is 173 Å². The Morgan fingerprint density at radius 2 is 0.653 bits per heavy atom. The van der Waals surface area contributed by atoms with Gasteiger partial charge >= 0.3 is 0 Å². The molecule has 14 aliphatic carbocycles. The summed E-state index contributed by atoms with van der Waals surface area (Å²) >= 11 is 0. The van der Waals surface area contributed by atoms with E-state index in [2.05, 4.69) is 39.5 Å². The molecular formula is C128H160O16. The van der Waals surface area contributed by atoms with Gasteiger partial charge in [0.15, 0.2) is 37.7 Å². The van der Waals surface area contributed by atoms with E-state index in [-0.39, 0.29) is 43.3 Å². The van der Waals surface area contributed by atoms with E-state index >= 15 is 0 Å². The Morgan fingerprint density at radius 3 is 1.04 bits per heavy atom. The summed E-state index contributed by atoms with van der Waals surface area (Å²) in [7, 11) is 1.64. The lowest BCUT2D eigenvalue weighted by molar-refractivity contribution is -0.225. The summed E-state index contributed by atoms with van der Waals surface area (Å²) in [6, 6.07) is 72.1. The summed E-state index contributed by atoms with van der Waals surface area (Å²) in [5, 5.41) is 0. The maximum absolute atomic E-state index is 6.47. The first-order valence-corrected chi connectivity index (χ1v) is 53.9. The van der Waals surface area contributed by atoms with Gasteiger partial charge in [0.2, 0.25) is 0 Å². The average molecular weight is 1950 g/mol. The standard InChI is InChI=1S/C24H24O4.C24H32O2.C21H28O2.C20H24O4.C20H26O2.C19H26O2/c1-3-20-9-11-23(12-10-20)27-19(2)25-17-18-26-21-13-15-24(16-14-21)28-22-7-5-4-6-8-22;1-3-16-4-8-21(9-5-16)26-15(2)25-11-10-17-12-20-14-22(17)24-19-7-6-18(13-19)23(20)24;1-3-16-4-6-20(7-5-16)23-15(2)22-14-21-11-17-8-18(12-21)10-19(9-17)13-21;1-15(2)17-5-7-20(8-6-17)24-16(3)22-13-14-23-19-11-9-18(21-4)10-12-19;1-3-15-4-6-19(7-5-15)21-14(2)22-20-11-16-8-17(12-20)10-18(9-16)13-20;1-3-15-5-8-19(9-6-15)21-14(2)20-11-10-18-13-16-4-7-17(18)12-16/h3-16,19H,1,17-18H2,2H3;3-5,8-9,15,17-20,22-24H,1,6-7,10-14H2,2H3;3-7,15,17-19H,1,8-14H2,2H3;5-12,16H,1,13-14H2,2-4H3;3-7,14,16-18H,1,8-13H2,2H3;3,5-6,8-9,14,16-18H,1,4,7,10-13H2,2H3. The largest absolute Gasteiger partial charge is 0.497 e. The fourth-order valence-corrected chi connectivity index (χ4v) is 27.0. The third-order valence-corrected chi connectivity index (χ3v) is 32.6. The highest BCUT2D eigenvalue weighted by Crippen LogP contribution is 2.69. The van der Waals surface area contributed by atoms with Crippen molar-refractivity contribution in [3.63, 3.8) is 0 Å². The van der Waals surface area contributed by atoms with Crippen LogP contribution in [-0.2, 0) is 28.4 Å². The van der Waals surface area contributed by atoms with Crippen LogP contribution in [0, 0.1) is 100 Å². The second kappa shape index (κ2) is 52.0. The van der Waals surface area contributed by atoms with Crippen molar-refractivity contribution in [3.05, 3.63) is 297 Å². The molecule has 16 nitrogen and oxygen atoms in total. The Morgan fingerprint density at radius 1 is 0.306 bits per heavy atom. The highest BCUT2D eigenvalue weighted by atomic mass is 16.7. The summed E-state index contributed by atoms with van der Waals surface area (Å²) in [6.07, 6.45) is 40.4. The first kappa shape index (κ1) is 106. The molecule has 9 aromatic rings. The van der Waals surface area contributed by atoms with Crippen LogP contribution in [-0.4, -0.2) is 96.7 Å². The molecule has 144 heavy (non-hydrogen) atoms. The van der Waals surface area contributed by atoms with Crippen molar-refractivity contribution in [2.24, 2.45) is 100 Å². The highest BCUT2D eigenvalue weighted by Gasteiger charge is 2.62. The molecule has 0 N–H and O–H groups in total. The first-order chi connectivity index (χ1) is 70.0. The minimum atomic E-state index is -0.361. The predicted octanol–water partition coefficient (Wildman–Crippen LogP) is 31.5. The Hall–Kier alpha value is -10.8. The van der Waals surface area contributed by atoms with Crippen LogP contribution in [0.25, 0.3) is 36.0 Å². The molecule has 768 valence electrons. The van der Waals surface area contributed by atoms with E-state index < -0.39 is 0 Å². The van der Waals surface area contributed by atoms with Crippen LogP contribution >= 0.6 is 0 Å². The second-order valence-corrected chi connectivity index (χ2v) is 43.1. The van der Waals surface area contributed by atoms with E-state index in [1.807, 2.05) is 297 Å². The van der Waals surface area contributed by atoms with Crippen LogP contribution in [0.15, 0.2) is 264 Å². The van der Waals surface area contributed by atoms with Crippen LogP contribution in [0.2, 0.25) is 0 Å². The van der Waals surface area contributed by atoms with E-state index in [1.165, 1.54) is 135 Å². The van der Waals surface area contributed by atoms with Crippen LogP contribution in [0.3, 0.4) is 0 Å². The average Bonchev–Trinajstić information content (AvgIpc) is 1.53. The minimum absolute atomic E-state index is 0.106. The van der Waals surface area contributed by atoms with E-state index in [4.69, 9.17) is 75.8 Å². The molecule has 16 unspecified atom stereocenters. The topological polar surface area (TPSA) is 148 Å². The molecule has 23 rings (SSSR count). The Labute approximate surface area is 860 Å². The number of benzene rings is 9. The summed E-state index contributed by atoms with van der Waals surface area (Å²) in [4.78, 5) is 0. The molecule has 0 aromatic heterocycles. The van der Waals surface area contributed by atoms with Gasteiger partial charge in [0.1, 0.15) is 76.5 Å². The van der Waals surface area contributed by atoms with E-state index in [1.54, 1.807) is 26.0 Å². The molecule has 0 amide bonds. The Balaban J connectivity index is 0.000000124. The number of hydrogen-bond donors (Lipinski definition) is 0. The molecule has 16 heteroatoms. The van der Waals surface area contributed by atoms with Gasteiger partial charge in [-0.2, -0.15) is 0 Å². The summed E-state index contributed by atoms with van der Waals surface area (Å²) in [5.74, 6) is 24.9. The molecule has 0 heterocycles. The molecule has 14 saturated carbocycles. The molecule has 16 atom stereocenters. The third-order valence-electron chi connectivity index (χ3n) is 32.6. The number of rotatable bonds is 44. The van der Waals surface area contributed by atoms with Gasteiger partial charge in [-0.15, -0.1) is 0 Å². The van der Waals surface area contributed by atoms with Crippen molar-refractivity contribution in [1.82, 2.24) is 0 Å². The van der Waals surface area contributed by atoms with Crippen LogP contribution in [0.1, 0.15) is 230 Å². The SMILES string of the molecule is C=C(C)c1ccc(OC(C)OCCOc2ccc(OC)cc2)cc1.C=Cc1ccc(OC(C)OC23CC4CC(CC(C4)C2)C3)cc1.C=Cc1ccc(OC(C)OCC23CC4CC(CC(C4)C2)C3)cc1.C=Cc1ccc(OC(C)OCCC2CC3CC2C2C4CCC(C4)C32)cc1.C=Cc1ccc(OC(C)OCCC2CC3CCC2C3)cc1.C=Cc1ccc(OC(C)OCCOc2ccc(Oc3ccccc3)cc2)cc1. The lowest BCUT2D eigenvalue weighted by Gasteiger charge is -2.56. The molecule has 14 aliphatic rings. The van der Waals surface area contributed by atoms with Gasteiger partial charge in [0.25, 0.3) is 0 Å². The first-order valence-electron chi connectivity index (χ1n) is 53.9. The third kappa shape index (κ3) is 30.5. The molecule has 14 bridgehead atoms. The molecular weight excluding hydrogens is 1790 g/mol. The van der Waals surface area contributed by atoms with E-state index in [0.717, 1.165) is 217 Å². The van der Waals surface area contributed by atoms with Gasteiger partial charge in [-0.3, -0.25) is 0 Å². The van der Waals surface area contributed by atoms with Gasteiger partial charge in [-0.25, -0.2) is 0 Å². The Bertz CT molecular complexity index is 5360. The van der Waals surface area contributed by atoms with Crippen LogP contribution in [0.4, 0.5) is 0 Å². The van der Waals surface area contributed by atoms with Gasteiger partial charge in [-0.05, 0) is 457 Å². The number of fused-ring (bicyclic) bond motifs is 11. The second-order valence-electron chi connectivity index (χ2n) is 43.1. The number of ether oxygens (including phenoxy) is 16. The van der Waals surface area contributed by atoms with Gasteiger partial charge in [0, 0.05) is 0 Å². The fraction of sp³-hybridized carbons (Fsp3) is 0.484. The Kier molecular flexibility index (Phi) is 38.3. The number of para-hydroxylation sites is 1. The minimum Gasteiger partial charge on any atom is -0.497 e. The van der Waals surface area contributed by atoms with Crippen molar-refractivity contribution < 1.29 is 75.8 Å². The lowest BCUT2D eigenvalue weighted by atomic mass is 9.50. The normalized spacial score (nSPS) is 27.1. The van der Waals surface area contributed by atoms with E-state index in [0.29, 0.717) is 31.8 Å². The quantitative estimate of drug-likeness (QED) is 0.0202. The smallest absolute Gasteiger partial charge is 0.197 e. The highest BCUT2D eigenvalue weighted by molar-refractivity contribution is 5.62. The zero-order valence-corrected chi connectivity index (χ0v) is 86.9. The van der Waals surface area contributed by atoms with Gasteiger partial charge < -0.3 is 75.8 Å². The summed E-state index contributed by atoms with van der Waals surface area (Å²) < 4.78 is 92.9. The van der Waals surface area contributed by atoms with Crippen LogP contribution < -0.4 is 47.4 Å². The fourth-order valence-electron chi connectivity index (χ4n) is 27.0. The molecule has 0 saturated heterocycles. The summed E-state index contributed by atoms with van der Waals surface area (Å²) in [6.45, 7) is 40.8. The van der Waals surface area contributed by atoms with Crippen molar-refractivity contribution >= 4 is 36.0 Å². The molecule has 14 fully saturated rings.